The van der Waals surface area contributed by atoms with E-state index in [2.05, 4.69) is 4.99 Å². The van der Waals surface area contributed by atoms with Gasteiger partial charge in [-0.1, -0.05) is 12.1 Å². The fourth-order valence-corrected chi connectivity index (χ4v) is 0.898. The van der Waals surface area contributed by atoms with Crippen molar-refractivity contribution in [1.29, 1.82) is 0 Å². The Kier molecular flexibility index (Phi) is 2.72. The van der Waals surface area contributed by atoms with Gasteiger partial charge in [-0.25, -0.2) is 14.2 Å². The summed E-state index contributed by atoms with van der Waals surface area (Å²) in [6.07, 6.45) is 1.37. The molecule has 0 saturated carbocycles. The van der Waals surface area contributed by atoms with Crippen LogP contribution in [0.15, 0.2) is 23.2 Å². The number of isocyanates is 1. The summed E-state index contributed by atoms with van der Waals surface area (Å²) in [7, 11) is 0. The van der Waals surface area contributed by atoms with Crippen LogP contribution in [0.25, 0.3) is 0 Å². The van der Waals surface area contributed by atoms with E-state index in [4.69, 9.17) is 0 Å². The summed E-state index contributed by atoms with van der Waals surface area (Å²) in [5.74, 6) is -0.325. The number of aliphatic imine (C=N–C) groups is 1. The van der Waals surface area contributed by atoms with Gasteiger partial charge in [0.15, 0.2) is 0 Å². The van der Waals surface area contributed by atoms with Crippen molar-refractivity contribution in [3.63, 3.8) is 0 Å². The van der Waals surface area contributed by atoms with E-state index in [1.807, 2.05) is 0 Å². The van der Waals surface area contributed by atoms with Crippen molar-refractivity contribution < 1.29 is 9.18 Å². The number of aryl methyl sites for hydroxylation is 1. The monoisotopic (exact) mass is 165 g/mol. The lowest BCUT2D eigenvalue weighted by molar-refractivity contribution is 0.561. The van der Waals surface area contributed by atoms with Crippen molar-refractivity contribution >= 4 is 6.08 Å². The Morgan fingerprint density at radius 2 is 2.33 bits per heavy atom. The number of benzene rings is 1. The van der Waals surface area contributed by atoms with E-state index in [1.54, 1.807) is 19.1 Å². The lowest BCUT2D eigenvalue weighted by Crippen LogP contribution is -1.88. The second kappa shape index (κ2) is 3.79. The standard InChI is InChI=1S/C9H8FNO/c1-7-2-3-8(5-11-6-12)9(10)4-7/h2-4H,5H2,1H3. The van der Waals surface area contributed by atoms with Crippen molar-refractivity contribution in [3.8, 4) is 0 Å². The van der Waals surface area contributed by atoms with Crippen molar-refractivity contribution in [2.75, 3.05) is 0 Å². The summed E-state index contributed by atoms with van der Waals surface area (Å²) in [6.45, 7) is 1.87. The minimum Gasteiger partial charge on any atom is -0.211 e. The fraction of sp³-hybridized carbons (Fsp3) is 0.222. The molecule has 0 unspecified atom stereocenters. The summed E-state index contributed by atoms with van der Waals surface area (Å²) < 4.78 is 13.0. The first-order valence-corrected chi connectivity index (χ1v) is 3.52. The second-order valence-corrected chi connectivity index (χ2v) is 2.50. The third-order valence-electron chi connectivity index (χ3n) is 1.52. The lowest BCUT2D eigenvalue weighted by atomic mass is 10.1. The van der Waals surface area contributed by atoms with Crippen LogP contribution in [0.3, 0.4) is 0 Å². The maximum atomic E-state index is 13.0. The highest BCUT2D eigenvalue weighted by molar-refractivity contribution is 5.34. The van der Waals surface area contributed by atoms with Crippen molar-refractivity contribution in [1.82, 2.24) is 0 Å². The number of nitrogens with zero attached hydrogens (tertiary/aromatic N) is 1. The van der Waals surface area contributed by atoms with Gasteiger partial charge < -0.3 is 0 Å². The summed E-state index contributed by atoms with van der Waals surface area (Å²) in [6, 6.07) is 4.81. The predicted octanol–water partition coefficient (Wildman–Crippen LogP) is 1.97. The van der Waals surface area contributed by atoms with Crippen LogP contribution in [0.1, 0.15) is 11.1 Å². The van der Waals surface area contributed by atoms with Gasteiger partial charge in [-0.2, -0.15) is 0 Å². The molecule has 0 amide bonds. The molecular weight excluding hydrogens is 157 g/mol. The molecule has 0 radical (unpaired) electrons. The van der Waals surface area contributed by atoms with Crippen LogP contribution >= 0.6 is 0 Å². The average Bonchev–Trinajstić information content (AvgIpc) is 2.03. The highest BCUT2D eigenvalue weighted by Crippen LogP contribution is 2.10. The SMILES string of the molecule is Cc1ccc(CN=C=O)c(F)c1. The largest absolute Gasteiger partial charge is 0.235 e. The zero-order valence-corrected chi connectivity index (χ0v) is 6.67. The Balaban J connectivity index is 2.93. The molecule has 0 heterocycles. The zero-order chi connectivity index (χ0) is 8.97. The number of rotatable bonds is 2. The van der Waals surface area contributed by atoms with Gasteiger partial charge in [0.1, 0.15) is 5.82 Å². The smallest absolute Gasteiger partial charge is 0.211 e. The minimum atomic E-state index is -0.325. The molecular formula is C9H8FNO. The Labute approximate surface area is 69.7 Å². The molecule has 62 valence electrons. The lowest BCUT2D eigenvalue weighted by Gasteiger charge is -1.98. The maximum Gasteiger partial charge on any atom is 0.235 e. The van der Waals surface area contributed by atoms with Crippen molar-refractivity contribution in [2.45, 2.75) is 13.5 Å². The van der Waals surface area contributed by atoms with Gasteiger partial charge in [0.25, 0.3) is 0 Å². The average molecular weight is 165 g/mol. The van der Waals surface area contributed by atoms with E-state index < -0.39 is 0 Å². The van der Waals surface area contributed by atoms with Crippen molar-refractivity contribution in [2.24, 2.45) is 4.99 Å². The van der Waals surface area contributed by atoms with E-state index in [1.165, 1.54) is 12.1 Å². The highest BCUT2D eigenvalue weighted by atomic mass is 19.1. The topological polar surface area (TPSA) is 29.4 Å². The number of carbonyl (C=O) groups excluding carboxylic acids is 1. The van der Waals surface area contributed by atoms with Crippen LogP contribution in [-0.2, 0) is 11.3 Å². The first-order valence-electron chi connectivity index (χ1n) is 3.52. The molecule has 3 heteroatoms. The molecule has 0 fully saturated rings. The van der Waals surface area contributed by atoms with Gasteiger partial charge in [0.2, 0.25) is 6.08 Å². The Bertz CT molecular complexity index is 329. The molecule has 0 aliphatic heterocycles. The first kappa shape index (κ1) is 8.62. The number of hydrogen-bond donors (Lipinski definition) is 0. The molecule has 0 aromatic heterocycles. The highest BCUT2D eigenvalue weighted by Gasteiger charge is 1.99. The Hall–Kier alpha value is -1.47. The molecule has 0 bridgehead atoms. The van der Waals surface area contributed by atoms with Crippen LogP contribution in [0.4, 0.5) is 4.39 Å². The Morgan fingerprint density at radius 1 is 1.58 bits per heavy atom. The van der Waals surface area contributed by atoms with Crippen molar-refractivity contribution in [3.05, 3.63) is 35.1 Å². The van der Waals surface area contributed by atoms with Crippen LogP contribution in [0, 0.1) is 12.7 Å². The zero-order valence-electron chi connectivity index (χ0n) is 6.67. The van der Waals surface area contributed by atoms with Gasteiger partial charge in [-0.15, -0.1) is 0 Å². The molecule has 2 nitrogen and oxygen atoms in total. The third kappa shape index (κ3) is 2.01. The quantitative estimate of drug-likeness (QED) is 0.486. The fourth-order valence-electron chi connectivity index (χ4n) is 0.898. The number of hydrogen-bond acceptors (Lipinski definition) is 2. The van der Waals surface area contributed by atoms with E-state index in [0.717, 1.165) is 5.56 Å². The molecule has 0 aliphatic rings. The van der Waals surface area contributed by atoms with E-state index >= 15 is 0 Å². The minimum absolute atomic E-state index is 0.0651. The first-order chi connectivity index (χ1) is 5.74. The van der Waals surface area contributed by atoms with E-state index in [0.29, 0.717) is 5.56 Å². The van der Waals surface area contributed by atoms with Crippen LogP contribution < -0.4 is 0 Å². The van der Waals surface area contributed by atoms with Gasteiger partial charge in [-0.3, -0.25) is 0 Å². The summed E-state index contributed by atoms with van der Waals surface area (Å²) in [5.41, 5.74) is 1.27. The van der Waals surface area contributed by atoms with E-state index in [-0.39, 0.29) is 12.4 Å². The molecule has 1 aromatic rings. The number of halogens is 1. The predicted molar refractivity (Wildman–Crippen MR) is 43.0 cm³/mol. The van der Waals surface area contributed by atoms with Crippen LogP contribution in [-0.4, -0.2) is 6.08 Å². The van der Waals surface area contributed by atoms with E-state index in [9.17, 15) is 9.18 Å². The molecule has 0 spiro atoms. The second-order valence-electron chi connectivity index (χ2n) is 2.50. The molecule has 0 N–H and O–H groups in total. The molecule has 1 rings (SSSR count). The molecule has 1 aromatic carbocycles. The third-order valence-corrected chi connectivity index (χ3v) is 1.52. The van der Waals surface area contributed by atoms with Gasteiger partial charge in [0.05, 0.1) is 6.54 Å². The summed E-state index contributed by atoms with van der Waals surface area (Å²) >= 11 is 0. The van der Waals surface area contributed by atoms with Gasteiger partial charge >= 0.3 is 0 Å². The summed E-state index contributed by atoms with van der Waals surface area (Å²) in [5, 5.41) is 0. The summed E-state index contributed by atoms with van der Waals surface area (Å²) in [4.78, 5) is 13.0. The van der Waals surface area contributed by atoms with Crippen LogP contribution in [0.5, 0.6) is 0 Å². The Morgan fingerprint density at radius 3 is 2.92 bits per heavy atom. The maximum absolute atomic E-state index is 13.0. The molecule has 0 saturated heterocycles. The van der Waals surface area contributed by atoms with Crippen LogP contribution in [0.2, 0.25) is 0 Å². The molecule has 0 aliphatic carbocycles. The van der Waals surface area contributed by atoms with Gasteiger partial charge in [-0.05, 0) is 18.6 Å². The van der Waals surface area contributed by atoms with Gasteiger partial charge in [0, 0.05) is 5.56 Å². The molecule has 0 atom stereocenters. The molecule has 12 heavy (non-hydrogen) atoms. The normalized spacial score (nSPS) is 9.17.